The Hall–Kier alpha value is -2.00. The van der Waals surface area contributed by atoms with E-state index in [2.05, 4.69) is 0 Å². The van der Waals surface area contributed by atoms with Crippen molar-refractivity contribution in [2.75, 3.05) is 13.7 Å². The fraction of sp³-hybridized carbons (Fsp3) is 0.429. The average molecular weight is 390 g/mol. The van der Waals surface area contributed by atoms with Gasteiger partial charge < -0.3 is 34.3 Å². The van der Waals surface area contributed by atoms with Crippen LogP contribution in [-0.2, 0) is 27.4 Å². The first-order chi connectivity index (χ1) is 13.6. The smallest absolute Gasteiger partial charge is 0.184 e. The molecule has 0 aliphatic carbocycles. The molecule has 7 nitrogen and oxygen atoms in total. The van der Waals surface area contributed by atoms with Crippen LogP contribution in [0.4, 0.5) is 0 Å². The van der Waals surface area contributed by atoms with E-state index in [0.29, 0.717) is 0 Å². The summed E-state index contributed by atoms with van der Waals surface area (Å²) in [5, 5.41) is 30.3. The van der Waals surface area contributed by atoms with Crippen LogP contribution < -0.4 is 4.74 Å². The zero-order valence-corrected chi connectivity index (χ0v) is 15.7. The molecule has 0 amide bonds. The second kappa shape index (κ2) is 9.97. The third kappa shape index (κ3) is 5.08. The summed E-state index contributed by atoms with van der Waals surface area (Å²) in [6, 6.07) is 16.8. The van der Waals surface area contributed by atoms with Crippen LogP contribution >= 0.6 is 0 Å². The molecule has 3 rings (SSSR count). The maximum Gasteiger partial charge on any atom is 0.184 e. The minimum absolute atomic E-state index is 0.196. The second-order valence-corrected chi connectivity index (χ2v) is 6.62. The highest BCUT2D eigenvalue weighted by Crippen LogP contribution is 2.26. The van der Waals surface area contributed by atoms with Crippen LogP contribution in [0.5, 0.6) is 5.75 Å². The lowest BCUT2D eigenvalue weighted by molar-refractivity contribution is -0.307. The van der Waals surface area contributed by atoms with Crippen LogP contribution in [0.2, 0.25) is 0 Å². The Morgan fingerprint density at radius 3 is 2.07 bits per heavy atom. The van der Waals surface area contributed by atoms with Gasteiger partial charge in [-0.1, -0.05) is 42.5 Å². The number of benzene rings is 2. The van der Waals surface area contributed by atoms with Crippen LogP contribution in [0.3, 0.4) is 0 Å². The van der Waals surface area contributed by atoms with Gasteiger partial charge in [-0.25, -0.2) is 0 Å². The summed E-state index contributed by atoms with van der Waals surface area (Å²) in [5.41, 5.74) is 1.79. The molecule has 2 aromatic carbocycles. The molecule has 1 aliphatic heterocycles. The number of methoxy groups -OCH3 is 1. The highest BCUT2D eigenvalue weighted by atomic mass is 16.7. The molecule has 3 N–H and O–H groups in total. The predicted octanol–water partition coefficient (Wildman–Crippen LogP) is 1.24. The van der Waals surface area contributed by atoms with Gasteiger partial charge in [0, 0.05) is 0 Å². The molecular formula is C21H26O7. The van der Waals surface area contributed by atoms with Crippen molar-refractivity contribution in [2.45, 2.75) is 43.9 Å². The van der Waals surface area contributed by atoms with E-state index in [9.17, 15) is 15.3 Å². The molecule has 0 radical (unpaired) electrons. The van der Waals surface area contributed by atoms with Gasteiger partial charge in [0.1, 0.15) is 30.2 Å². The van der Waals surface area contributed by atoms with Gasteiger partial charge in [0.25, 0.3) is 0 Å². The number of aliphatic hydroxyl groups excluding tert-OH is 3. The molecule has 0 unspecified atom stereocenters. The van der Waals surface area contributed by atoms with Gasteiger partial charge in [0.15, 0.2) is 6.29 Å². The standard InChI is InChI=1S/C21H26O7/c1-25-16-9-7-15(8-10-16)13-26-19-18(23)17(11-22)28-21(24)20(19)27-12-14-5-3-2-4-6-14/h2-10,17-24H,11-13H2,1H3/t17-,18-,19+,20-,21+/m1/s1. The van der Waals surface area contributed by atoms with E-state index >= 15 is 0 Å². The summed E-state index contributed by atoms with van der Waals surface area (Å²) < 4.78 is 22.1. The molecule has 0 saturated carbocycles. The molecule has 1 heterocycles. The predicted molar refractivity (Wildman–Crippen MR) is 101 cm³/mol. The SMILES string of the molecule is COc1ccc(CO[C@H]2[C@H](O)[C@@H](CO)O[C@H](O)[C@@H]2OCc2ccccc2)cc1. The van der Waals surface area contributed by atoms with Crippen molar-refractivity contribution in [1.29, 1.82) is 0 Å². The number of ether oxygens (including phenoxy) is 4. The van der Waals surface area contributed by atoms with E-state index in [0.717, 1.165) is 16.9 Å². The minimum Gasteiger partial charge on any atom is -0.497 e. The minimum atomic E-state index is -1.33. The van der Waals surface area contributed by atoms with E-state index in [-0.39, 0.29) is 13.2 Å². The van der Waals surface area contributed by atoms with Gasteiger partial charge in [0.05, 0.1) is 26.9 Å². The maximum absolute atomic E-state index is 10.6. The lowest BCUT2D eigenvalue weighted by atomic mass is 9.98. The molecule has 0 spiro atoms. The van der Waals surface area contributed by atoms with Crippen LogP contribution in [0, 0.1) is 0 Å². The third-order valence-electron chi connectivity index (χ3n) is 4.70. The van der Waals surface area contributed by atoms with Crippen molar-refractivity contribution in [3.63, 3.8) is 0 Å². The molecule has 152 valence electrons. The molecule has 2 aromatic rings. The topological polar surface area (TPSA) is 97.6 Å². The van der Waals surface area contributed by atoms with E-state index < -0.39 is 37.3 Å². The largest absolute Gasteiger partial charge is 0.497 e. The van der Waals surface area contributed by atoms with Crippen molar-refractivity contribution in [3.8, 4) is 5.75 Å². The van der Waals surface area contributed by atoms with E-state index in [1.807, 2.05) is 54.6 Å². The lowest BCUT2D eigenvalue weighted by Gasteiger charge is -2.42. The molecule has 5 atom stereocenters. The number of aliphatic hydroxyl groups is 3. The van der Waals surface area contributed by atoms with Crippen molar-refractivity contribution in [1.82, 2.24) is 0 Å². The summed E-state index contributed by atoms with van der Waals surface area (Å²) in [6.45, 7) is -0.0152. The maximum atomic E-state index is 10.6. The summed E-state index contributed by atoms with van der Waals surface area (Å²) in [5.74, 6) is 0.731. The number of hydrogen-bond donors (Lipinski definition) is 3. The van der Waals surface area contributed by atoms with Crippen LogP contribution in [-0.4, -0.2) is 59.7 Å². The highest BCUT2D eigenvalue weighted by Gasteiger charge is 2.46. The summed E-state index contributed by atoms with van der Waals surface area (Å²) in [7, 11) is 1.59. The van der Waals surface area contributed by atoms with Gasteiger partial charge in [0.2, 0.25) is 0 Å². The number of rotatable bonds is 8. The fourth-order valence-corrected chi connectivity index (χ4v) is 3.11. The van der Waals surface area contributed by atoms with Gasteiger partial charge in [-0.15, -0.1) is 0 Å². The first kappa shape index (κ1) is 20.7. The van der Waals surface area contributed by atoms with Crippen molar-refractivity contribution in [3.05, 3.63) is 65.7 Å². The summed E-state index contributed by atoms with van der Waals surface area (Å²) in [6.07, 6.45) is -5.20. The monoisotopic (exact) mass is 390 g/mol. The Labute approximate surface area is 164 Å². The average Bonchev–Trinajstić information content (AvgIpc) is 2.74. The molecule has 1 fully saturated rings. The Morgan fingerprint density at radius 1 is 0.857 bits per heavy atom. The molecule has 0 aromatic heterocycles. The van der Waals surface area contributed by atoms with Crippen molar-refractivity contribution >= 4 is 0 Å². The zero-order valence-electron chi connectivity index (χ0n) is 15.7. The fourth-order valence-electron chi connectivity index (χ4n) is 3.11. The van der Waals surface area contributed by atoms with E-state index in [1.54, 1.807) is 7.11 Å². The Bertz CT molecular complexity index is 706. The Balaban J connectivity index is 1.69. The van der Waals surface area contributed by atoms with Gasteiger partial charge in [-0.05, 0) is 23.3 Å². The van der Waals surface area contributed by atoms with Crippen LogP contribution in [0.1, 0.15) is 11.1 Å². The summed E-state index contributed by atoms with van der Waals surface area (Å²) in [4.78, 5) is 0. The first-order valence-corrected chi connectivity index (χ1v) is 9.15. The van der Waals surface area contributed by atoms with Crippen molar-refractivity contribution < 1.29 is 34.3 Å². The van der Waals surface area contributed by atoms with Crippen LogP contribution in [0.25, 0.3) is 0 Å². The second-order valence-electron chi connectivity index (χ2n) is 6.62. The quantitative estimate of drug-likeness (QED) is 0.624. The third-order valence-corrected chi connectivity index (χ3v) is 4.70. The van der Waals surface area contributed by atoms with Gasteiger partial charge in [-0.3, -0.25) is 0 Å². The molecule has 7 heteroatoms. The normalized spacial score (nSPS) is 27.5. The van der Waals surface area contributed by atoms with E-state index in [4.69, 9.17) is 18.9 Å². The van der Waals surface area contributed by atoms with Crippen molar-refractivity contribution in [2.24, 2.45) is 0 Å². The van der Waals surface area contributed by atoms with E-state index in [1.165, 1.54) is 0 Å². The Kier molecular flexibility index (Phi) is 7.38. The Morgan fingerprint density at radius 2 is 1.46 bits per heavy atom. The molecule has 1 aliphatic rings. The zero-order chi connectivity index (χ0) is 19.9. The number of hydrogen-bond acceptors (Lipinski definition) is 7. The molecular weight excluding hydrogens is 364 g/mol. The first-order valence-electron chi connectivity index (χ1n) is 9.15. The van der Waals surface area contributed by atoms with Gasteiger partial charge >= 0.3 is 0 Å². The molecule has 0 bridgehead atoms. The van der Waals surface area contributed by atoms with Gasteiger partial charge in [-0.2, -0.15) is 0 Å². The highest BCUT2D eigenvalue weighted by molar-refractivity contribution is 5.26. The molecule has 28 heavy (non-hydrogen) atoms. The lowest BCUT2D eigenvalue weighted by Crippen LogP contribution is -2.60. The molecule has 1 saturated heterocycles. The van der Waals surface area contributed by atoms with Crippen LogP contribution in [0.15, 0.2) is 54.6 Å². The summed E-state index contributed by atoms with van der Waals surface area (Å²) >= 11 is 0.